The summed E-state index contributed by atoms with van der Waals surface area (Å²) in [6, 6.07) is 5.81. The first-order valence-electron chi connectivity index (χ1n) is 10.9. The Labute approximate surface area is 183 Å². The number of rotatable bonds is 4. The Balaban J connectivity index is 1.19. The van der Waals surface area contributed by atoms with E-state index in [0.29, 0.717) is 6.42 Å². The minimum Gasteiger partial charge on any atom is -0.272 e. The zero-order valence-corrected chi connectivity index (χ0v) is 18.0. The second-order valence-electron chi connectivity index (χ2n) is 9.79. The van der Waals surface area contributed by atoms with Crippen LogP contribution in [0.2, 0.25) is 0 Å². The van der Waals surface area contributed by atoms with E-state index >= 15 is 0 Å². The Morgan fingerprint density at radius 2 is 1.94 bits per heavy atom. The molecule has 1 unspecified atom stereocenters. The fourth-order valence-electron chi connectivity index (χ4n) is 5.93. The molecule has 6 nitrogen and oxygen atoms in total. The number of hydrazone groups is 1. The second-order valence-corrected chi connectivity index (χ2v) is 9.79. The highest BCUT2D eigenvalue weighted by molar-refractivity contribution is 5.88. The summed E-state index contributed by atoms with van der Waals surface area (Å²) in [5.41, 5.74) is 2.88. The molecular weight excluding hydrogens is 412 g/mol. The summed E-state index contributed by atoms with van der Waals surface area (Å²) in [5.74, 6) is -1.05. The average Bonchev–Trinajstić information content (AvgIpc) is 3.32. The van der Waals surface area contributed by atoms with Gasteiger partial charge in [0, 0.05) is 30.4 Å². The number of aromatic nitrogens is 3. The van der Waals surface area contributed by atoms with E-state index in [0.717, 1.165) is 42.5 Å². The molecule has 0 N–H and O–H groups in total. The van der Waals surface area contributed by atoms with Crippen LogP contribution in [0, 0.1) is 36.3 Å². The number of aryl methyl sites for hydroxylation is 2. The van der Waals surface area contributed by atoms with Crippen molar-refractivity contribution >= 4 is 23.2 Å². The maximum Gasteiger partial charge on any atom is 0.249 e. The van der Waals surface area contributed by atoms with E-state index in [9.17, 15) is 13.6 Å². The lowest BCUT2D eigenvalue weighted by molar-refractivity contribution is -0.223. The van der Waals surface area contributed by atoms with Gasteiger partial charge in [0.1, 0.15) is 17.2 Å². The number of benzene rings is 1. The summed E-state index contributed by atoms with van der Waals surface area (Å²) in [4.78, 5) is 17.9. The number of nitrogens with zero attached hydrogens (tertiary/aromatic N) is 5. The molecular formula is C24H23F2N5O. The number of hydrogen-bond donors (Lipinski definition) is 0. The molecule has 0 saturated heterocycles. The van der Waals surface area contributed by atoms with E-state index in [2.05, 4.69) is 15.2 Å². The Bertz CT molecular complexity index is 1290. The first-order valence-corrected chi connectivity index (χ1v) is 10.9. The molecule has 3 saturated carbocycles. The Hall–Kier alpha value is -3.16. The van der Waals surface area contributed by atoms with Crippen molar-refractivity contribution in [1.29, 1.82) is 0 Å². The number of hydrogen-bond acceptors (Lipinski definition) is 4. The first-order chi connectivity index (χ1) is 15.3. The lowest BCUT2D eigenvalue weighted by atomic mass is 9.34. The molecule has 3 heterocycles. The molecule has 1 amide bonds. The van der Waals surface area contributed by atoms with Crippen molar-refractivity contribution in [3.05, 3.63) is 58.9 Å². The number of carbonyl (C=O) groups is 1. The van der Waals surface area contributed by atoms with Gasteiger partial charge in [0.15, 0.2) is 0 Å². The van der Waals surface area contributed by atoms with Crippen LogP contribution >= 0.6 is 0 Å². The maximum atomic E-state index is 14.6. The number of fused-ring (bicyclic) bond motifs is 1. The lowest BCUT2D eigenvalue weighted by Gasteiger charge is -2.69. The standard InChI is InChI=1S/C24H23F2N5O/c1-14-7-18(26)16(8-17(14)25)20-5-6-27-31(20)22(32)24-10-23(11-24,12-24)13-30-21-4-3-15(2)29-19(21)9-28-30/h3-4,6-9,20H,5,10-13H2,1-2H3. The van der Waals surface area contributed by atoms with Crippen LogP contribution in [0.5, 0.6) is 0 Å². The Morgan fingerprint density at radius 3 is 2.72 bits per heavy atom. The van der Waals surface area contributed by atoms with Crippen LogP contribution in [-0.4, -0.2) is 31.9 Å². The SMILES string of the molecule is Cc1ccc2c(cnn2CC23CC(C(=O)N4N=CCC4c4cc(F)c(C)cc4F)(C2)C3)n1. The molecule has 0 spiro atoms. The van der Waals surface area contributed by atoms with Crippen molar-refractivity contribution in [3.8, 4) is 0 Å². The van der Waals surface area contributed by atoms with Crippen LogP contribution in [0.15, 0.2) is 35.6 Å². The van der Waals surface area contributed by atoms with Crippen molar-refractivity contribution in [1.82, 2.24) is 19.8 Å². The van der Waals surface area contributed by atoms with Gasteiger partial charge < -0.3 is 0 Å². The predicted molar refractivity (Wildman–Crippen MR) is 115 cm³/mol. The van der Waals surface area contributed by atoms with Gasteiger partial charge in [-0.25, -0.2) is 18.8 Å². The molecule has 3 aromatic rings. The van der Waals surface area contributed by atoms with Gasteiger partial charge in [-0.15, -0.1) is 0 Å². The summed E-state index contributed by atoms with van der Waals surface area (Å²) < 4.78 is 30.7. The zero-order chi connectivity index (χ0) is 22.3. The fourth-order valence-corrected chi connectivity index (χ4v) is 5.93. The van der Waals surface area contributed by atoms with E-state index < -0.39 is 23.1 Å². The molecule has 32 heavy (non-hydrogen) atoms. The molecule has 4 aliphatic rings. The molecule has 8 heteroatoms. The molecule has 1 aromatic carbocycles. The van der Waals surface area contributed by atoms with Crippen LogP contribution in [0.25, 0.3) is 11.0 Å². The quantitative estimate of drug-likeness (QED) is 0.608. The number of carbonyl (C=O) groups excluding carboxylic acids is 1. The van der Waals surface area contributed by atoms with Gasteiger partial charge in [-0.05, 0) is 68.4 Å². The highest BCUT2D eigenvalue weighted by atomic mass is 19.1. The molecule has 3 aliphatic carbocycles. The van der Waals surface area contributed by atoms with Crippen molar-refractivity contribution < 1.29 is 13.6 Å². The van der Waals surface area contributed by atoms with E-state index in [-0.39, 0.29) is 22.4 Å². The summed E-state index contributed by atoms with van der Waals surface area (Å²) in [6.45, 7) is 4.23. The number of pyridine rings is 1. The third-order valence-corrected chi connectivity index (χ3v) is 7.39. The van der Waals surface area contributed by atoms with Crippen molar-refractivity contribution in [3.63, 3.8) is 0 Å². The monoisotopic (exact) mass is 435 g/mol. The van der Waals surface area contributed by atoms with Crippen molar-refractivity contribution in [2.75, 3.05) is 0 Å². The smallest absolute Gasteiger partial charge is 0.249 e. The van der Waals surface area contributed by atoms with Gasteiger partial charge >= 0.3 is 0 Å². The summed E-state index contributed by atoms with van der Waals surface area (Å²) in [7, 11) is 0. The average molecular weight is 435 g/mol. The molecule has 1 atom stereocenters. The summed E-state index contributed by atoms with van der Waals surface area (Å²) in [6.07, 6.45) is 6.09. The van der Waals surface area contributed by atoms with Crippen LogP contribution in [0.1, 0.15) is 48.5 Å². The second kappa shape index (κ2) is 6.43. The number of halogens is 2. The molecule has 2 bridgehead atoms. The Kier molecular flexibility index (Phi) is 3.92. The van der Waals surface area contributed by atoms with E-state index in [4.69, 9.17) is 0 Å². The maximum absolute atomic E-state index is 14.6. The molecule has 3 fully saturated rings. The van der Waals surface area contributed by atoms with Crippen LogP contribution in [0.3, 0.4) is 0 Å². The van der Waals surface area contributed by atoms with E-state index in [1.54, 1.807) is 12.4 Å². The van der Waals surface area contributed by atoms with Gasteiger partial charge in [0.25, 0.3) is 0 Å². The van der Waals surface area contributed by atoms with Gasteiger partial charge in [-0.1, -0.05) is 0 Å². The molecule has 2 aromatic heterocycles. The fraction of sp³-hybridized carbons (Fsp3) is 0.417. The van der Waals surface area contributed by atoms with Crippen LogP contribution < -0.4 is 0 Å². The third-order valence-electron chi connectivity index (χ3n) is 7.39. The van der Waals surface area contributed by atoms with Crippen LogP contribution in [0.4, 0.5) is 8.78 Å². The third kappa shape index (κ3) is 2.68. The van der Waals surface area contributed by atoms with Crippen molar-refractivity contribution in [2.45, 2.75) is 52.1 Å². The van der Waals surface area contributed by atoms with Crippen LogP contribution in [-0.2, 0) is 11.3 Å². The highest BCUT2D eigenvalue weighted by Gasteiger charge is 2.72. The minimum absolute atomic E-state index is 0.0552. The van der Waals surface area contributed by atoms with E-state index in [1.165, 1.54) is 24.1 Å². The molecule has 164 valence electrons. The lowest BCUT2D eigenvalue weighted by Crippen LogP contribution is -2.68. The Morgan fingerprint density at radius 1 is 1.16 bits per heavy atom. The van der Waals surface area contributed by atoms with Gasteiger partial charge in [-0.2, -0.15) is 10.2 Å². The van der Waals surface area contributed by atoms with E-state index in [1.807, 2.05) is 23.7 Å². The molecule has 1 aliphatic heterocycles. The highest BCUT2D eigenvalue weighted by Crippen LogP contribution is 2.74. The van der Waals surface area contributed by atoms with Gasteiger partial charge in [0.2, 0.25) is 5.91 Å². The van der Waals surface area contributed by atoms with Gasteiger partial charge in [-0.3, -0.25) is 9.48 Å². The largest absolute Gasteiger partial charge is 0.272 e. The zero-order valence-electron chi connectivity index (χ0n) is 18.0. The van der Waals surface area contributed by atoms with Crippen molar-refractivity contribution in [2.24, 2.45) is 15.9 Å². The topological polar surface area (TPSA) is 63.4 Å². The molecule has 0 radical (unpaired) electrons. The minimum atomic E-state index is -0.591. The molecule has 7 rings (SSSR count). The summed E-state index contributed by atoms with van der Waals surface area (Å²) >= 11 is 0. The normalized spacial score (nSPS) is 28.1. The summed E-state index contributed by atoms with van der Waals surface area (Å²) in [5, 5.41) is 10.1. The first kappa shape index (κ1) is 19.5. The van der Waals surface area contributed by atoms with Gasteiger partial charge in [0.05, 0.1) is 23.2 Å². The predicted octanol–water partition coefficient (Wildman–Crippen LogP) is 4.46. The number of amides is 1.